The number of anilines is 1. The van der Waals surface area contributed by atoms with Gasteiger partial charge in [-0.25, -0.2) is 8.42 Å². The zero-order valence-electron chi connectivity index (χ0n) is 12.5. The summed E-state index contributed by atoms with van der Waals surface area (Å²) in [6.45, 7) is 3.23. The zero-order chi connectivity index (χ0) is 17.2. The highest BCUT2D eigenvalue weighted by Crippen LogP contribution is 2.27. The van der Waals surface area contributed by atoms with Gasteiger partial charge in [0.05, 0.1) is 15.5 Å². The third-order valence-electron chi connectivity index (χ3n) is 3.39. The van der Waals surface area contributed by atoms with E-state index < -0.39 is 14.9 Å². The highest BCUT2D eigenvalue weighted by molar-refractivity contribution is 7.92. The lowest BCUT2D eigenvalue weighted by atomic mass is 10.1. The first kappa shape index (κ1) is 16.5. The molecular formula is C16H14N2O4S. The van der Waals surface area contributed by atoms with Crippen LogP contribution in [0.25, 0.3) is 0 Å². The number of hydrogen-bond acceptors (Lipinski definition) is 4. The molecule has 1 N–H and O–H groups in total. The molecule has 0 saturated carbocycles. The topological polar surface area (TPSA) is 89.3 Å². The van der Waals surface area contributed by atoms with E-state index in [1.807, 2.05) is 0 Å². The maximum absolute atomic E-state index is 12.6. The summed E-state index contributed by atoms with van der Waals surface area (Å²) in [6.07, 6.45) is 5.29. The van der Waals surface area contributed by atoms with Gasteiger partial charge in [0.1, 0.15) is 0 Å². The minimum absolute atomic E-state index is 0.129. The molecule has 0 bridgehead atoms. The van der Waals surface area contributed by atoms with Crippen LogP contribution < -0.4 is 4.72 Å². The molecule has 0 aliphatic rings. The Bertz CT molecular complexity index is 928. The smallest absolute Gasteiger partial charge is 0.271 e. The van der Waals surface area contributed by atoms with Gasteiger partial charge in [-0.3, -0.25) is 14.8 Å². The lowest BCUT2D eigenvalue weighted by molar-refractivity contribution is -0.385. The van der Waals surface area contributed by atoms with Crippen LogP contribution in [-0.2, 0) is 10.0 Å². The van der Waals surface area contributed by atoms with Crippen LogP contribution in [0.15, 0.2) is 41.3 Å². The number of nitrogens with zero attached hydrogens (tertiary/aromatic N) is 1. The molecule has 118 valence electrons. The first-order chi connectivity index (χ1) is 10.7. The Hall–Kier alpha value is -2.85. The van der Waals surface area contributed by atoms with E-state index in [2.05, 4.69) is 10.6 Å². The van der Waals surface area contributed by atoms with Crippen molar-refractivity contribution in [2.75, 3.05) is 4.72 Å². The molecule has 0 saturated heterocycles. The number of hydrogen-bond donors (Lipinski definition) is 1. The number of aryl methyl sites for hydroxylation is 1. The average molecular weight is 330 g/mol. The zero-order valence-corrected chi connectivity index (χ0v) is 13.3. The van der Waals surface area contributed by atoms with Crippen LogP contribution in [0, 0.1) is 36.3 Å². The summed E-state index contributed by atoms with van der Waals surface area (Å²) in [5.74, 6) is 2.41. The summed E-state index contributed by atoms with van der Waals surface area (Å²) in [7, 11) is -3.97. The van der Waals surface area contributed by atoms with Gasteiger partial charge < -0.3 is 0 Å². The molecule has 23 heavy (non-hydrogen) atoms. The van der Waals surface area contributed by atoms with Crippen molar-refractivity contribution in [2.45, 2.75) is 18.7 Å². The van der Waals surface area contributed by atoms with Gasteiger partial charge in [0.25, 0.3) is 15.7 Å². The summed E-state index contributed by atoms with van der Waals surface area (Å²) in [5, 5.41) is 11.0. The van der Waals surface area contributed by atoms with Crippen LogP contribution in [0.2, 0.25) is 0 Å². The van der Waals surface area contributed by atoms with E-state index in [0.29, 0.717) is 22.4 Å². The first-order valence-corrected chi connectivity index (χ1v) is 8.08. The highest BCUT2D eigenvalue weighted by Gasteiger charge is 2.22. The third-order valence-corrected chi connectivity index (χ3v) is 4.89. The Balaban J connectivity index is 2.51. The Morgan fingerprint density at radius 3 is 2.52 bits per heavy atom. The van der Waals surface area contributed by atoms with E-state index >= 15 is 0 Å². The van der Waals surface area contributed by atoms with E-state index in [1.54, 1.807) is 32.0 Å². The minimum Gasteiger partial charge on any atom is -0.280 e. The number of sulfonamides is 1. The van der Waals surface area contributed by atoms with Crippen LogP contribution in [0.3, 0.4) is 0 Å². The van der Waals surface area contributed by atoms with E-state index in [9.17, 15) is 18.5 Å². The SMILES string of the molecule is C#Cc1cccc(NS(=O)(=O)c2cc([N+](=O)[O-])cc(C)c2C)c1. The van der Waals surface area contributed by atoms with Crippen molar-refractivity contribution in [3.63, 3.8) is 0 Å². The lowest BCUT2D eigenvalue weighted by Crippen LogP contribution is -2.15. The van der Waals surface area contributed by atoms with E-state index in [0.717, 1.165) is 6.07 Å². The number of nitrogens with one attached hydrogen (secondary N) is 1. The standard InChI is InChI=1S/C16H14N2O4S/c1-4-13-6-5-7-14(9-13)17-23(21,22)16-10-15(18(19)20)8-11(2)12(16)3/h1,5-10,17H,2-3H3. The van der Waals surface area contributed by atoms with E-state index in [-0.39, 0.29) is 10.6 Å². The molecule has 6 nitrogen and oxygen atoms in total. The second kappa shape index (κ2) is 6.10. The number of nitro benzene ring substituents is 1. The number of rotatable bonds is 4. The van der Waals surface area contributed by atoms with Crippen molar-refractivity contribution in [1.29, 1.82) is 0 Å². The molecule has 0 spiro atoms. The van der Waals surface area contributed by atoms with Crippen LogP contribution >= 0.6 is 0 Å². The molecular weight excluding hydrogens is 316 g/mol. The monoisotopic (exact) mass is 330 g/mol. The van der Waals surface area contributed by atoms with Crippen LogP contribution in [0.4, 0.5) is 11.4 Å². The van der Waals surface area contributed by atoms with Crippen LogP contribution in [0.5, 0.6) is 0 Å². The number of terminal acetylenes is 1. The molecule has 0 fully saturated rings. The molecule has 2 rings (SSSR count). The second-order valence-corrected chi connectivity index (χ2v) is 6.62. The van der Waals surface area contributed by atoms with E-state index in [1.165, 1.54) is 12.1 Å². The molecule has 2 aromatic carbocycles. The van der Waals surface area contributed by atoms with Crippen LogP contribution in [-0.4, -0.2) is 13.3 Å². The summed E-state index contributed by atoms with van der Waals surface area (Å²) >= 11 is 0. The third kappa shape index (κ3) is 3.49. The quantitative estimate of drug-likeness (QED) is 0.530. The molecule has 0 aliphatic heterocycles. The number of benzene rings is 2. The predicted octanol–water partition coefficient (Wildman–Crippen LogP) is 2.99. The van der Waals surface area contributed by atoms with Gasteiger partial charge in [-0.05, 0) is 43.2 Å². The fourth-order valence-electron chi connectivity index (χ4n) is 2.08. The largest absolute Gasteiger partial charge is 0.280 e. The van der Waals surface area contributed by atoms with Gasteiger partial charge in [0.2, 0.25) is 0 Å². The average Bonchev–Trinajstić information content (AvgIpc) is 2.49. The van der Waals surface area contributed by atoms with Gasteiger partial charge in [-0.1, -0.05) is 12.0 Å². The Labute approximate surface area is 134 Å². The van der Waals surface area contributed by atoms with Crippen molar-refractivity contribution in [1.82, 2.24) is 0 Å². The maximum Gasteiger partial charge on any atom is 0.271 e. The Kier molecular flexibility index (Phi) is 4.38. The van der Waals surface area contributed by atoms with Gasteiger partial charge in [-0.2, -0.15) is 0 Å². The van der Waals surface area contributed by atoms with Crippen molar-refractivity contribution in [3.8, 4) is 12.3 Å². The molecule has 0 unspecified atom stereocenters. The maximum atomic E-state index is 12.6. The minimum atomic E-state index is -3.97. The molecule has 0 aromatic heterocycles. The van der Waals surface area contributed by atoms with Crippen molar-refractivity contribution in [2.24, 2.45) is 0 Å². The highest BCUT2D eigenvalue weighted by atomic mass is 32.2. The molecule has 0 heterocycles. The van der Waals surface area contributed by atoms with Crippen molar-refractivity contribution in [3.05, 3.63) is 63.2 Å². The predicted molar refractivity (Wildman–Crippen MR) is 87.8 cm³/mol. The number of non-ortho nitro benzene ring substituents is 1. The second-order valence-electron chi connectivity index (χ2n) is 4.97. The van der Waals surface area contributed by atoms with Crippen molar-refractivity contribution >= 4 is 21.4 Å². The summed E-state index contributed by atoms with van der Waals surface area (Å²) in [6, 6.07) is 8.75. The normalized spacial score (nSPS) is 10.8. The molecule has 0 radical (unpaired) electrons. The summed E-state index contributed by atoms with van der Waals surface area (Å²) in [4.78, 5) is 10.2. The lowest BCUT2D eigenvalue weighted by Gasteiger charge is -2.12. The molecule has 0 atom stereocenters. The molecule has 2 aromatic rings. The molecule has 0 amide bonds. The Morgan fingerprint density at radius 2 is 1.91 bits per heavy atom. The summed E-state index contributed by atoms with van der Waals surface area (Å²) in [5.41, 5.74) is 1.53. The fraction of sp³-hybridized carbons (Fsp3) is 0.125. The Morgan fingerprint density at radius 1 is 1.22 bits per heavy atom. The van der Waals surface area contributed by atoms with Gasteiger partial charge in [0, 0.05) is 17.7 Å². The van der Waals surface area contributed by atoms with Crippen LogP contribution in [0.1, 0.15) is 16.7 Å². The first-order valence-electron chi connectivity index (χ1n) is 6.60. The molecule has 7 heteroatoms. The van der Waals surface area contributed by atoms with Gasteiger partial charge >= 0.3 is 0 Å². The van der Waals surface area contributed by atoms with Gasteiger partial charge in [-0.15, -0.1) is 6.42 Å². The molecule has 0 aliphatic carbocycles. The van der Waals surface area contributed by atoms with E-state index in [4.69, 9.17) is 6.42 Å². The van der Waals surface area contributed by atoms with Gasteiger partial charge in [0.15, 0.2) is 0 Å². The number of nitro groups is 1. The van der Waals surface area contributed by atoms with Crippen molar-refractivity contribution < 1.29 is 13.3 Å². The fourth-order valence-corrected chi connectivity index (χ4v) is 3.46. The summed E-state index contributed by atoms with van der Waals surface area (Å²) < 4.78 is 27.5.